The molecule has 2 heterocycles. The van der Waals surface area contributed by atoms with E-state index in [-0.39, 0.29) is 11.5 Å². The molecule has 24 heavy (non-hydrogen) atoms. The Hall–Kier alpha value is -3.49. The Morgan fingerprint density at radius 2 is 1.92 bits per heavy atom. The minimum Gasteiger partial charge on any atom is -0.496 e. The van der Waals surface area contributed by atoms with Crippen LogP contribution in [0.2, 0.25) is 0 Å². The van der Waals surface area contributed by atoms with Crippen molar-refractivity contribution in [3.63, 3.8) is 0 Å². The van der Waals surface area contributed by atoms with Crippen LogP contribution in [0.1, 0.15) is 21.0 Å². The van der Waals surface area contributed by atoms with Gasteiger partial charge in [-0.25, -0.2) is 14.8 Å². The van der Waals surface area contributed by atoms with Gasteiger partial charge in [-0.15, -0.1) is 0 Å². The number of nitrogens with one attached hydrogen (secondary N) is 1. The maximum atomic E-state index is 12.4. The second-order valence-corrected chi connectivity index (χ2v) is 4.84. The number of carbonyl (C=O) groups excluding carboxylic acids is 1. The van der Waals surface area contributed by atoms with Gasteiger partial charge in [0, 0.05) is 19.4 Å². The lowest BCUT2D eigenvalue weighted by atomic mass is 10.2. The number of aromatic nitrogens is 4. The highest BCUT2D eigenvalue weighted by molar-refractivity contribution is 6.11. The summed E-state index contributed by atoms with van der Waals surface area (Å²) in [5, 5.41) is 16.5. The molecule has 0 aliphatic heterocycles. The summed E-state index contributed by atoms with van der Waals surface area (Å²) in [6, 6.07) is 5.37. The average Bonchev–Trinajstić information content (AvgIpc) is 2.91. The van der Waals surface area contributed by atoms with Gasteiger partial charge in [0.15, 0.2) is 17.2 Å². The second kappa shape index (κ2) is 5.95. The number of nitrogens with zero attached hydrogens (tertiary/aromatic N) is 4. The third kappa shape index (κ3) is 2.51. The van der Waals surface area contributed by atoms with Crippen molar-refractivity contribution in [3.8, 4) is 5.75 Å². The SMILES string of the molecule is COc1cccc2c1c(NC(=O)c1nccnc1C(=O)O)nn2C. The molecule has 0 radical (unpaired) electrons. The number of hydrogen-bond donors (Lipinski definition) is 2. The van der Waals surface area contributed by atoms with E-state index in [1.54, 1.807) is 23.9 Å². The predicted octanol–water partition coefficient (Wildman–Crippen LogP) is 1.32. The van der Waals surface area contributed by atoms with Crippen molar-refractivity contribution in [2.75, 3.05) is 12.4 Å². The summed E-state index contributed by atoms with van der Waals surface area (Å²) in [7, 11) is 3.24. The summed E-state index contributed by atoms with van der Waals surface area (Å²) in [5.41, 5.74) is 0.0307. The van der Waals surface area contributed by atoms with Crippen molar-refractivity contribution in [1.29, 1.82) is 0 Å². The molecule has 0 unspecified atom stereocenters. The number of anilines is 1. The van der Waals surface area contributed by atoms with Gasteiger partial charge in [-0.3, -0.25) is 9.48 Å². The van der Waals surface area contributed by atoms with Gasteiger partial charge in [0.25, 0.3) is 5.91 Å². The molecule has 0 fully saturated rings. The van der Waals surface area contributed by atoms with Crippen LogP contribution in [0.25, 0.3) is 10.9 Å². The average molecular weight is 327 g/mol. The quantitative estimate of drug-likeness (QED) is 0.741. The van der Waals surface area contributed by atoms with E-state index in [0.717, 1.165) is 5.52 Å². The third-order valence-corrected chi connectivity index (χ3v) is 3.41. The van der Waals surface area contributed by atoms with Gasteiger partial charge in [-0.05, 0) is 12.1 Å². The predicted molar refractivity (Wildman–Crippen MR) is 84.2 cm³/mol. The number of aromatic carboxylic acids is 1. The number of carbonyl (C=O) groups is 2. The Bertz CT molecular complexity index is 950. The van der Waals surface area contributed by atoms with E-state index in [2.05, 4.69) is 20.4 Å². The molecule has 0 saturated carbocycles. The maximum Gasteiger partial charge on any atom is 0.356 e. The molecule has 0 bridgehead atoms. The molecule has 2 N–H and O–H groups in total. The molecule has 3 aromatic rings. The highest BCUT2D eigenvalue weighted by Crippen LogP contribution is 2.31. The van der Waals surface area contributed by atoms with Crippen LogP contribution in [0.15, 0.2) is 30.6 Å². The number of carboxylic acids is 1. The third-order valence-electron chi connectivity index (χ3n) is 3.41. The lowest BCUT2D eigenvalue weighted by molar-refractivity contribution is 0.0685. The van der Waals surface area contributed by atoms with E-state index in [1.807, 2.05) is 6.07 Å². The zero-order valence-corrected chi connectivity index (χ0v) is 12.8. The van der Waals surface area contributed by atoms with Crippen LogP contribution in [-0.2, 0) is 7.05 Å². The van der Waals surface area contributed by atoms with Crippen molar-refractivity contribution >= 4 is 28.6 Å². The number of hydrogen-bond acceptors (Lipinski definition) is 6. The standard InChI is InChI=1S/C15H13N5O4/c1-20-8-4-3-5-9(24-2)10(8)13(19-20)18-14(21)11-12(15(22)23)17-7-6-16-11/h3-7H,1-2H3,(H,22,23)(H,18,19,21). The normalized spacial score (nSPS) is 10.6. The van der Waals surface area contributed by atoms with Gasteiger partial charge in [0.1, 0.15) is 5.75 Å². The van der Waals surface area contributed by atoms with Gasteiger partial charge < -0.3 is 15.2 Å². The monoisotopic (exact) mass is 327 g/mol. The van der Waals surface area contributed by atoms with Crippen LogP contribution in [0, 0.1) is 0 Å². The van der Waals surface area contributed by atoms with Crippen LogP contribution >= 0.6 is 0 Å². The van der Waals surface area contributed by atoms with Crippen LogP contribution in [0.3, 0.4) is 0 Å². The molecule has 0 spiro atoms. The first-order chi connectivity index (χ1) is 11.5. The molecule has 9 nitrogen and oxygen atoms in total. The van der Waals surface area contributed by atoms with Gasteiger partial charge in [0.2, 0.25) is 0 Å². The topological polar surface area (TPSA) is 119 Å². The fourth-order valence-corrected chi connectivity index (χ4v) is 2.37. The molecule has 2 aromatic heterocycles. The first-order valence-corrected chi connectivity index (χ1v) is 6.88. The lowest BCUT2D eigenvalue weighted by Gasteiger charge is -2.06. The summed E-state index contributed by atoms with van der Waals surface area (Å²) in [5.74, 6) is -1.27. The molecule has 0 atom stereocenters. The smallest absolute Gasteiger partial charge is 0.356 e. The molecule has 1 aromatic carbocycles. The lowest BCUT2D eigenvalue weighted by Crippen LogP contribution is -2.19. The first-order valence-electron chi connectivity index (χ1n) is 6.88. The number of methoxy groups -OCH3 is 1. The van der Waals surface area contributed by atoms with Crippen LogP contribution < -0.4 is 10.1 Å². The molecule has 3 rings (SSSR count). The number of benzene rings is 1. The molecular formula is C15H13N5O4. The summed E-state index contributed by atoms with van der Waals surface area (Å²) in [4.78, 5) is 31.1. The molecule has 122 valence electrons. The van der Waals surface area contributed by atoms with E-state index >= 15 is 0 Å². The van der Waals surface area contributed by atoms with Gasteiger partial charge >= 0.3 is 5.97 Å². The number of ether oxygens (including phenoxy) is 1. The Labute approximate surface area is 135 Å². The summed E-state index contributed by atoms with van der Waals surface area (Å²) in [6.45, 7) is 0. The summed E-state index contributed by atoms with van der Waals surface area (Å²) >= 11 is 0. The minimum atomic E-state index is -1.34. The first kappa shape index (κ1) is 15.4. The van der Waals surface area contributed by atoms with Gasteiger partial charge in [-0.1, -0.05) is 6.07 Å². The van der Waals surface area contributed by atoms with Crippen LogP contribution in [0.4, 0.5) is 5.82 Å². The maximum absolute atomic E-state index is 12.4. The highest BCUT2D eigenvalue weighted by atomic mass is 16.5. The summed E-state index contributed by atoms with van der Waals surface area (Å²) < 4.78 is 6.89. The zero-order valence-electron chi connectivity index (χ0n) is 12.8. The molecule has 0 aliphatic rings. The molecule has 0 saturated heterocycles. The van der Waals surface area contributed by atoms with Gasteiger partial charge in [-0.2, -0.15) is 5.10 Å². The van der Waals surface area contributed by atoms with E-state index in [9.17, 15) is 9.59 Å². The van der Waals surface area contributed by atoms with E-state index in [4.69, 9.17) is 9.84 Å². The second-order valence-electron chi connectivity index (χ2n) is 4.84. The largest absolute Gasteiger partial charge is 0.496 e. The van der Waals surface area contributed by atoms with Gasteiger partial charge in [0.05, 0.1) is 18.0 Å². The number of aryl methyl sites for hydroxylation is 1. The van der Waals surface area contributed by atoms with E-state index in [0.29, 0.717) is 11.1 Å². The van der Waals surface area contributed by atoms with Crippen LogP contribution in [-0.4, -0.2) is 43.8 Å². The van der Waals surface area contributed by atoms with Crippen molar-refractivity contribution in [2.24, 2.45) is 7.05 Å². The molecule has 9 heteroatoms. The number of carboxylic acid groups (broad SMARTS) is 1. The molecule has 0 aliphatic carbocycles. The van der Waals surface area contributed by atoms with Crippen molar-refractivity contribution in [3.05, 3.63) is 42.0 Å². The molecule has 1 amide bonds. The zero-order chi connectivity index (χ0) is 17.3. The highest BCUT2D eigenvalue weighted by Gasteiger charge is 2.22. The Balaban J connectivity index is 2.05. The van der Waals surface area contributed by atoms with Crippen molar-refractivity contribution in [1.82, 2.24) is 19.7 Å². The number of amides is 1. The fourth-order valence-electron chi connectivity index (χ4n) is 2.37. The van der Waals surface area contributed by atoms with E-state index in [1.165, 1.54) is 19.5 Å². The molecular weight excluding hydrogens is 314 g/mol. The minimum absolute atomic E-state index is 0.247. The van der Waals surface area contributed by atoms with Crippen molar-refractivity contribution < 1.29 is 19.4 Å². The Morgan fingerprint density at radius 3 is 2.58 bits per heavy atom. The number of rotatable bonds is 4. The Morgan fingerprint density at radius 1 is 1.21 bits per heavy atom. The Kier molecular flexibility index (Phi) is 3.82. The summed E-state index contributed by atoms with van der Waals surface area (Å²) in [6.07, 6.45) is 2.46. The van der Waals surface area contributed by atoms with Crippen LogP contribution in [0.5, 0.6) is 5.75 Å². The van der Waals surface area contributed by atoms with E-state index < -0.39 is 17.6 Å². The fraction of sp³-hybridized carbons (Fsp3) is 0.133. The van der Waals surface area contributed by atoms with Crippen molar-refractivity contribution in [2.45, 2.75) is 0 Å². The number of fused-ring (bicyclic) bond motifs is 1.